The van der Waals surface area contributed by atoms with Gasteiger partial charge in [-0.05, 0) is 23.6 Å². The molecule has 0 atom stereocenters. The van der Waals surface area contributed by atoms with Gasteiger partial charge in [-0.25, -0.2) is 14.4 Å². The molecule has 0 aliphatic carbocycles. The number of rotatable bonds is 0. The fraction of sp³-hybridized carbons (Fsp3) is 0. The lowest BCUT2D eigenvalue weighted by Gasteiger charge is -2.07. The Bertz CT molecular complexity index is 1580. The van der Waals surface area contributed by atoms with Gasteiger partial charge in [0.15, 0.2) is 0 Å². The molecule has 8 heteroatoms. The fourth-order valence-electron chi connectivity index (χ4n) is 3.13. The van der Waals surface area contributed by atoms with Gasteiger partial charge in [0.1, 0.15) is 11.0 Å². The highest BCUT2D eigenvalue weighted by molar-refractivity contribution is 6.20. The summed E-state index contributed by atoms with van der Waals surface area (Å²) in [6, 6.07) is 7.85. The third-order valence-corrected chi connectivity index (χ3v) is 4.18. The minimum atomic E-state index is -0.824. The predicted molar refractivity (Wildman–Crippen MR) is 89.4 cm³/mol. The van der Waals surface area contributed by atoms with E-state index >= 15 is 0 Å². The summed E-state index contributed by atoms with van der Waals surface area (Å²) in [5.74, 6) is 0. The minimum absolute atomic E-state index is 0.0949. The maximum Gasteiger partial charge on any atom is 0.351 e. The average molecular weight is 334 g/mol. The molecular weight excluding hydrogens is 328 g/mol. The van der Waals surface area contributed by atoms with Crippen molar-refractivity contribution in [1.82, 2.24) is 9.97 Å². The maximum atomic E-state index is 12.1. The quantitative estimate of drug-likeness (QED) is 0.332. The first-order valence-electron chi connectivity index (χ1n) is 7.23. The number of aromatic nitrogens is 2. The Morgan fingerprint density at radius 3 is 2.40 bits per heavy atom. The lowest BCUT2D eigenvalue weighted by Crippen LogP contribution is -2.21. The van der Waals surface area contributed by atoms with Crippen molar-refractivity contribution in [2.75, 3.05) is 0 Å². The highest BCUT2D eigenvalue weighted by Crippen LogP contribution is 2.32. The average Bonchev–Trinajstić information content (AvgIpc) is 2.57. The number of nitrogens with one attached hydrogen (secondary N) is 1. The van der Waals surface area contributed by atoms with Crippen LogP contribution in [0.2, 0.25) is 0 Å². The van der Waals surface area contributed by atoms with Crippen molar-refractivity contribution in [1.29, 1.82) is 0 Å². The summed E-state index contributed by atoms with van der Waals surface area (Å²) in [6.45, 7) is 0. The zero-order chi connectivity index (χ0) is 17.3. The zero-order valence-electron chi connectivity index (χ0n) is 12.3. The van der Waals surface area contributed by atoms with Crippen LogP contribution in [0, 0.1) is 0 Å². The molecule has 3 heterocycles. The maximum absolute atomic E-state index is 12.1. The van der Waals surface area contributed by atoms with Crippen LogP contribution >= 0.6 is 0 Å². The number of H-pyrrole nitrogens is 1. The zero-order valence-corrected chi connectivity index (χ0v) is 12.3. The molecule has 0 aliphatic rings. The van der Waals surface area contributed by atoms with Gasteiger partial charge < -0.3 is 8.83 Å². The number of aromatic amines is 1. The van der Waals surface area contributed by atoms with Gasteiger partial charge in [0.05, 0.1) is 10.8 Å². The number of nitrogens with zero attached hydrogens (tertiary/aromatic N) is 1. The normalized spacial score (nSPS) is 11.8. The Morgan fingerprint density at radius 1 is 0.800 bits per heavy atom. The first-order valence-corrected chi connectivity index (χ1v) is 7.23. The minimum Gasteiger partial charge on any atom is -0.437 e. The summed E-state index contributed by atoms with van der Waals surface area (Å²) < 4.78 is 10.3. The summed E-state index contributed by atoms with van der Waals surface area (Å²) >= 11 is 0. The van der Waals surface area contributed by atoms with E-state index in [4.69, 9.17) is 8.83 Å². The van der Waals surface area contributed by atoms with E-state index in [1.165, 1.54) is 12.1 Å². The van der Waals surface area contributed by atoms with Crippen LogP contribution in [0.4, 0.5) is 0 Å². The third-order valence-electron chi connectivity index (χ3n) is 4.18. The van der Waals surface area contributed by atoms with Gasteiger partial charge in [0, 0.05) is 10.8 Å². The van der Waals surface area contributed by atoms with Crippen LogP contribution in [0.5, 0.6) is 0 Å². The number of hydrogen-bond acceptors (Lipinski definition) is 7. The van der Waals surface area contributed by atoms with Crippen LogP contribution in [0.25, 0.3) is 43.6 Å². The molecule has 0 radical (unpaired) electrons. The van der Waals surface area contributed by atoms with Gasteiger partial charge >= 0.3 is 16.9 Å². The third kappa shape index (κ3) is 1.73. The highest BCUT2D eigenvalue weighted by Gasteiger charge is 2.16. The van der Waals surface area contributed by atoms with Crippen molar-refractivity contribution >= 4 is 43.6 Å². The molecule has 0 aliphatic heterocycles. The first-order chi connectivity index (χ1) is 12.0. The lowest BCUT2D eigenvalue weighted by molar-refractivity contribution is 0.488. The fourth-order valence-corrected chi connectivity index (χ4v) is 3.13. The Kier molecular flexibility index (Phi) is 2.39. The van der Waals surface area contributed by atoms with E-state index < -0.39 is 22.5 Å². The van der Waals surface area contributed by atoms with E-state index in [2.05, 4.69) is 9.97 Å². The molecule has 0 bridgehead atoms. The van der Waals surface area contributed by atoms with Crippen LogP contribution in [-0.2, 0) is 0 Å². The van der Waals surface area contributed by atoms with Crippen molar-refractivity contribution < 1.29 is 8.83 Å². The molecule has 120 valence electrons. The molecule has 3 aromatic heterocycles. The van der Waals surface area contributed by atoms with Crippen LogP contribution < -0.4 is 22.5 Å². The van der Waals surface area contributed by atoms with Gasteiger partial charge in [0.2, 0.25) is 5.71 Å². The Balaban J connectivity index is 2.17. The van der Waals surface area contributed by atoms with Gasteiger partial charge in [-0.1, -0.05) is 12.1 Å². The first kappa shape index (κ1) is 13.6. The molecule has 0 fully saturated rings. The number of fused-ring (bicyclic) bond motifs is 3. The Hall–Kier alpha value is -3.81. The molecule has 0 saturated carbocycles. The van der Waals surface area contributed by atoms with E-state index in [1.807, 2.05) is 0 Å². The SMILES string of the molecule is O=c1nc2oc3cc4c(=O)oc(=O)c5cccc(c3cc2c(=O)[nH]1)c54. The second kappa shape index (κ2) is 4.38. The summed E-state index contributed by atoms with van der Waals surface area (Å²) in [6.07, 6.45) is 0. The number of hydrogen-bond donors (Lipinski definition) is 1. The van der Waals surface area contributed by atoms with Crippen molar-refractivity contribution in [2.45, 2.75) is 0 Å². The molecular formula is C17H6N2O6. The molecule has 1 N–H and O–H groups in total. The summed E-state index contributed by atoms with van der Waals surface area (Å²) in [5.41, 5.74) is -2.85. The standard InChI is InChI=1S/C17H6N2O6/c20-13-10-4-8-6-2-1-3-7-12(6)9(16(22)25-15(7)21)5-11(8)24-14(10)19-17(23)18-13/h1-5H,(H,18,20,23). The van der Waals surface area contributed by atoms with Gasteiger partial charge in [-0.15, -0.1) is 0 Å². The molecule has 25 heavy (non-hydrogen) atoms. The largest absolute Gasteiger partial charge is 0.437 e. The highest BCUT2D eigenvalue weighted by atomic mass is 16.4. The van der Waals surface area contributed by atoms with Crippen molar-refractivity contribution in [3.05, 3.63) is 72.0 Å². The van der Waals surface area contributed by atoms with E-state index in [0.717, 1.165) is 0 Å². The molecule has 5 rings (SSSR count). The van der Waals surface area contributed by atoms with Crippen molar-refractivity contribution in [2.24, 2.45) is 0 Å². The summed E-state index contributed by atoms with van der Waals surface area (Å²) in [4.78, 5) is 53.1. The molecule has 0 spiro atoms. The van der Waals surface area contributed by atoms with Crippen LogP contribution in [0.15, 0.2) is 58.3 Å². The van der Waals surface area contributed by atoms with Gasteiger partial charge in [-0.2, -0.15) is 4.98 Å². The monoisotopic (exact) mass is 334 g/mol. The molecule has 0 unspecified atom stereocenters. The lowest BCUT2D eigenvalue weighted by atomic mass is 9.99. The molecule has 2 aromatic carbocycles. The number of benzene rings is 2. The van der Waals surface area contributed by atoms with Crippen molar-refractivity contribution in [3.8, 4) is 0 Å². The van der Waals surface area contributed by atoms with Crippen LogP contribution in [-0.4, -0.2) is 9.97 Å². The molecule has 5 aromatic rings. The van der Waals surface area contributed by atoms with E-state index in [-0.39, 0.29) is 27.5 Å². The van der Waals surface area contributed by atoms with Gasteiger partial charge in [0.25, 0.3) is 5.56 Å². The second-order valence-corrected chi connectivity index (χ2v) is 5.58. The van der Waals surface area contributed by atoms with Crippen LogP contribution in [0.3, 0.4) is 0 Å². The Labute approximate surface area is 135 Å². The van der Waals surface area contributed by atoms with E-state index in [1.54, 1.807) is 18.2 Å². The van der Waals surface area contributed by atoms with Gasteiger partial charge in [-0.3, -0.25) is 9.78 Å². The van der Waals surface area contributed by atoms with Crippen LogP contribution in [0.1, 0.15) is 0 Å². The summed E-state index contributed by atoms with van der Waals surface area (Å²) in [5, 5.41) is 2.05. The second-order valence-electron chi connectivity index (χ2n) is 5.58. The predicted octanol–water partition coefficient (Wildman–Crippen LogP) is 1.09. The topological polar surface area (TPSA) is 123 Å². The van der Waals surface area contributed by atoms with E-state index in [0.29, 0.717) is 16.2 Å². The molecule has 0 saturated heterocycles. The molecule has 0 amide bonds. The molecule has 8 nitrogen and oxygen atoms in total. The summed E-state index contributed by atoms with van der Waals surface area (Å²) in [7, 11) is 0. The van der Waals surface area contributed by atoms with Crippen molar-refractivity contribution in [3.63, 3.8) is 0 Å². The smallest absolute Gasteiger partial charge is 0.351 e. The Morgan fingerprint density at radius 2 is 1.56 bits per heavy atom. The van der Waals surface area contributed by atoms with E-state index in [9.17, 15) is 19.2 Å².